The number of phenols is 1. The molecule has 0 spiro atoms. The second kappa shape index (κ2) is 4.11. The highest BCUT2D eigenvalue weighted by molar-refractivity contribution is 5.87. The minimum absolute atomic E-state index is 0.271. The van der Waals surface area contributed by atoms with Gasteiger partial charge in [-0.05, 0) is 36.4 Å². The smallest absolute Gasteiger partial charge is 0.128 e. The summed E-state index contributed by atoms with van der Waals surface area (Å²) in [4.78, 5) is 3.32. The van der Waals surface area contributed by atoms with Crippen LogP contribution in [0.15, 0.2) is 48.5 Å². The minimum Gasteiger partial charge on any atom is -0.508 e. The number of methoxy groups -OCH3 is 1. The number of rotatable bonds is 2. The third-order valence-corrected chi connectivity index (χ3v) is 3.00. The lowest BCUT2D eigenvalue weighted by molar-refractivity contribution is 0.416. The van der Waals surface area contributed by atoms with Crippen LogP contribution in [0.1, 0.15) is 0 Å². The number of aromatic nitrogens is 1. The first-order valence-corrected chi connectivity index (χ1v) is 5.73. The molecule has 1 heterocycles. The van der Waals surface area contributed by atoms with Gasteiger partial charge >= 0.3 is 0 Å². The standard InChI is InChI=1S/C15H13NO2/c1-18-15-5-3-2-4-12(15)14-9-10-8-11(17)6-7-13(10)16-14/h2-9,16-17H,1H3. The van der Waals surface area contributed by atoms with E-state index in [0.717, 1.165) is 27.9 Å². The van der Waals surface area contributed by atoms with Gasteiger partial charge in [-0.15, -0.1) is 0 Å². The second-order valence-corrected chi connectivity index (χ2v) is 4.15. The van der Waals surface area contributed by atoms with E-state index in [0.29, 0.717) is 0 Å². The van der Waals surface area contributed by atoms with Crippen LogP contribution in [0, 0.1) is 0 Å². The molecule has 0 saturated carbocycles. The molecule has 90 valence electrons. The highest BCUT2D eigenvalue weighted by Crippen LogP contribution is 2.32. The predicted octanol–water partition coefficient (Wildman–Crippen LogP) is 3.55. The molecule has 0 aliphatic carbocycles. The normalized spacial score (nSPS) is 10.7. The van der Waals surface area contributed by atoms with E-state index < -0.39 is 0 Å². The molecule has 3 heteroatoms. The monoisotopic (exact) mass is 239 g/mol. The summed E-state index contributed by atoms with van der Waals surface area (Å²) in [5.74, 6) is 1.10. The van der Waals surface area contributed by atoms with Gasteiger partial charge in [0.15, 0.2) is 0 Å². The Labute approximate surface area is 105 Å². The number of hydrogen-bond donors (Lipinski definition) is 2. The van der Waals surface area contributed by atoms with Gasteiger partial charge in [0.1, 0.15) is 11.5 Å². The molecule has 3 nitrogen and oxygen atoms in total. The van der Waals surface area contributed by atoms with E-state index in [2.05, 4.69) is 4.98 Å². The number of phenolic OH excluding ortho intramolecular Hbond substituents is 1. The summed E-state index contributed by atoms with van der Waals surface area (Å²) in [5.41, 5.74) is 2.98. The van der Waals surface area contributed by atoms with Gasteiger partial charge < -0.3 is 14.8 Å². The van der Waals surface area contributed by atoms with Crippen LogP contribution in [-0.4, -0.2) is 17.2 Å². The van der Waals surface area contributed by atoms with E-state index >= 15 is 0 Å². The van der Waals surface area contributed by atoms with Crippen molar-refractivity contribution < 1.29 is 9.84 Å². The fourth-order valence-electron chi connectivity index (χ4n) is 2.13. The summed E-state index contributed by atoms with van der Waals surface area (Å²) >= 11 is 0. The van der Waals surface area contributed by atoms with Crippen molar-refractivity contribution in [3.8, 4) is 22.8 Å². The molecule has 0 saturated heterocycles. The zero-order valence-electron chi connectivity index (χ0n) is 9.97. The SMILES string of the molecule is COc1ccccc1-c1cc2cc(O)ccc2[nH]1. The number of fused-ring (bicyclic) bond motifs is 1. The topological polar surface area (TPSA) is 45.2 Å². The molecule has 2 N–H and O–H groups in total. The zero-order valence-corrected chi connectivity index (χ0v) is 9.97. The Bertz CT molecular complexity index is 701. The number of benzene rings is 2. The predicted molar refractivity (Wildman–Crippen MR) is 72.0 cm³/mol. The van der Waals surface area contributed by atoms with Gasteiger partial charge in [-0.3, -0.25) is 0 Å². The average molecular weight is 239 g/mol. The van der Waals surface area contributed by atoms with E-state index in [9.17, 15) is 5.11 Å². The maximum Gasteiger partial charge on any atom is 0.128 e. The van der Waals surface area contributed by atoms with Crippen LogP contribution < -0.4 is 4.74 Å². The summed E-state index contributed by atoms with van der Waals surface area (Å²) in [6.07, 6.45) is 0. The summed E-state index contributed by atoms with van der Waals surface area (Å²) in [7, 11) is 1.66. The molecule has 3 rings (SSSR count). The fraction of sp³-hybridized carbons (Fsp3) is 0.0667. The lowest BCUT2D eigenvalue weighted by atomic mass is 10.1. The van der Waals surface area contributed by atoms with Crippen molar-refractivity contribution in [2.45, 2.75) is 0 Å². The first-order valence-electron chi connectivity index (χ1n) is 5.73. The molecular formula is C15H13NO2. The van der Waals surface area contributed by atoms with Gasteiger partial charge in [0.2, 0.25) is 0 Å². The number of aromatic amines is 1. The van der Waals surface area contributed by atoms with Crippen molar-refractivity contribution in [1.29, 1.82) is 0 Å². The molecule has 0 aliphatic rings. The summed E-state index contributed by atoms with van der Waals surface area (Å²) in [6.45, 7) is 0. The van der Waals surface area contributed by atoms with Gasteiger partial charge in [-0.25, -0.2) is 0 Å². The first-order chi connectivity index (χ1) is 8.78. The van der Waals surface area contributed by atoms with Crippen LogP contribution in [-0.2, 0) is 0 Å². The Morgan fingerprint density at radius 3 is 2.72 bits per heavy atom. The lowest BCUT2D eigenvalue weighted by Gasteiger charge is -2.05. The Kier molecular flexibility index (Phi) is 2.45. The molecule has 3 aromatic rings. The highest BCUT2D eigenvalue weighted by Gasteiger charge is 2.08. The Morgan fingerprint density at radius 1 is 1.06 bits per heavy atom. The number of H-pyrrole nitrogens is 1. The third kappa shape index (κ3) is 1.70. The van der Waals surface area contributed by atoms with Crippen molar-refractivity contribution in [3.05, 3.63) is 48.5 Å². The van der Waals surface area contributed by atoms with Crippen LogP contribution in [0.2, 0.25) is 0 Å². The molecule has 0 fully saturated rings. The van der Waals surface area contributed by atoms with Crippen LogP contribution in [0.3, 0.4) is 0 Å². The van der Waals surface area contributed by atoms with E-state index in [-0.39, 0.29) is 5.75 Å². The van der Waals surface area contributed by atoms with Gasteiger partial charge in [-0.1, -0.05) is 12.1 Å². The number of hydrogen-bond acceptors (Lipinski definition) is 2. The molecule has 0 aliphatic heterocycles. The Balaban J connectivity index is 2.19. The Hall–Kier alpha value is -2.42. The van der Waals surface area contributed by atoms with Crippen LogP contribution in [0.4, 0.5) is 0 Å². The first kappa shape index (κ1) is 10.7. The van der Waals surface area contributed by atoms with Crippen molar-refractivity contribution in [2.24, 2.45) is 0 Å². The van der Waals surface area contributed by atoms with E-state index in [1.165, 1.54) is 0 Å². The van der Waals surface area contributed by atoms with E-state index in [1.807, 2.05) is 36.4 Å². The van der Waals surface area contributed by atoms with E-state index in [4.69, 9.17) is 4.74 Å². The van der Waals surface area contributed by atoms with Crippen molar-refractivity contribution in [2.75, 3.05) is 7.11 Å². The van der Waals surface area contributed by atoms with Gasteiger partial charge in [0.25, 0.3) is 0 Å². The molecule has 18 heavy (non-hydrogen) atoms. The summed E-state index contributed by atoms with van der Waals surface area (Å²) in [6, 6.07) is 15.1. The van der Waals surface area contributed by atoms with Crippen LogP contribution >= 0.6 is 0 Å². The summed E-state index contributed by atoms with van der Waals surface area (Å²) in [5, 5.41) is 10.5. The molecular weight excluding hydrogens is 226 g/mol. The Morgan fingerprint density at radius 2 is 1.89 bits per heavy atom. The molecule has 1 aromatic heterocycles. The molecule has 0 radical (unpaired) electrons. The van der Waals surface area contributed by atoms with Crippen molar-refractivity contribution in [3.63, 3.8) is 0 Å². The highest BCUT2D eigenvalue weighted by atomic mass is 16.5. The maximum atomic E-state index is 9.47. The largest absolute Gasteiger partial charge is 0.508 e. The molecule has 0 atom stereocenters. The number of nitrogens with one attached hydrogen (secondary N) is 1. The van der Waals surface area contributed by atoms with Gasteiger partial charge in [0, 0.05) is 16.5 Å². The summed E-state index contributed by atoms with van der Waals surface area (Å²) < 4.78 is 5.35. The average Bonchev–Trinajstić information content (AvgIpc) is 2.81. The minimum atomic E-state index is 0.271. The zero-order chi connectivity index (χ0) is 12.5. The van der Waals surface area contributed by atoms with E-state index in [1.54, 1.807) is 19.2 Å². The van der Waals surface area contributed by atoms with Gasteiger partial charge in [-0.2, -0.15) is 0 Å². The number of ether oxygens (including phenoxy) is 1. The van der Waals surface area contributed by atoms with Crippen LogP contribution in [0.25, 0.3) is 22.2 Å². The third-order valence-electron chi connectivity index (χ3n) is 3.00. The molecule has 0 bridgehead atoms. The number of para-hydroxylation sites is 1. The second-order valence-electron chi connectivity index (χ2n) is 4.15. The quantitative estimate of drug-likeness (QED) is 0.718. The van der Waals surface area contributed by atoms with Crippen molar-refractivity contribution >= 4 is 10.9 Å². The maximum absolute atomic E-state index is 9.47. The van der Waals surface area contributed by atoms with Crippen LogP contribution in [0.5, 0.6) is 11.5 Å². The lowest BCUT2D eigenvalue weighted by Crippen LogP contribution is -1.86. The number of aromatic hydroxyl groups is 1. The van der Waals surface area contributed by atoms with Crippen molar-refractivity contribution in [1.82, 2.24) is 4.98 Å². The fourth-order valence-corrected chi connectivity index (χ4v) is 2.13. The van der Waals surface area contributed by atoms with Gasteiger partial charge in [0.05, 0.1) is 12.8 Å². The molecule has 0 unspecified atom stereocenters. The molecule has 0 amide bonds. The molecule has 2 aromatic carbocycles.